The minimum Gasteiger partial charge on any atom is -0.492 e. The Morgan fingerprint density at radius 1 is 1.11 bits per heavy atom. The molecule has 1 rings (SSSR count). The molecular formula is C16H28N2O. The molecule has 0 fully saturated rings. The molecule has 0 heterocycles. The summed E-state index contributed by atoms with van der Waals surface area (Å²) in [5.41, 5.74) is 7.99. The summed E-state index contributed by atoms with van der Waals surface area (Å²) in [5, 5.41) is 3.48. The van der Waals surface area contributed by atoms with Gasteiger partial charge in [0, 0.05) is 0 Å². The molecule has 108 valence electrons. The van der Waals surface area contributed by atoms with Crippen molar-refractivity contribution in [3.63, 3.8) is 0 Å². The second kappa shape index (κ2) is 9.68. The molecule has 0 aliphatic heterocycles. The molecule has 3 heteroatoms. The quantitative estimate of drug-likeness (QED) is 0.503. The Hall–Kier alpha value is -1.22. The smallest absolute Gasteiger partial charge is 0.142 e. The van der Waals surface area contributed by atoms with Gasteiger partial charge in [0.1, 0.15) is 5.75 Å². The fourth-order valence-electron chi connectivity index (χ4n) is 2.08. The summed E-state index contributed by atoms with van der Waals surface area (Å²) in [6, 6.07) is 6.11. The molecule has 0 aliphatic carbocycles. The maximum absolute atomic E-state index is 5.95. The number of ether oxygens (including phenoxy) is 1. The van der Waals surface area contributed by atoms with Crippen LogP contribution in [0.5, 0.6) is 5.75 Å². The van der Waals surface area contributed by atoms with E-state index in [4.69, 9.17) is 10.5 Å². The standard InChI is InChI=1S/C16H28N2O/c1-3-5-6-11-18-12-7-8-14-9-10-16(19-4-2)15(17)13-14/h9-10,13,18H,3-8,11-12,17H2,1-2H3. The van der Waals surface area contributed by atoms with E-state index in [9.17, 15) is 0 Å². The zero-order chi connectivity index (χ0) is 13.9. The number of unbranched alkanes of at least 4 members (excludes halogenated alkanes) is 2. The summed E-state index contributed by atoms with van der Waals surface area (Å²) in [6.45, 7) is 7.08. The second-order valence-electron chi connectivity index (χ2n) is 4.87. The maximum Gasteiger partial charge on any atom is 0.142 e. The van der Waals surface area contributed by atoms with E-state index in [0.717, 1.165) is 37.4 Å². The molecule has 0 amide bonds. The molecule has 3 nitrogen and oxygen atoms in total. The third-order valence-electron chi connectivity index (χ3n) is 3.15. The fraction of sp³-hybridized carbons (Fsp3) is 0.625. The van der Waals surface area contributed by atoms with Crippen LogP contribution in [0.25, 0.3) is 0 Å². The van der Waals surface area contributed by atoms with E-state index in [2.05, 4.69) is 18.3 Å². The molecule has 1 aromatic carbocycles. The monoisotopic (exact) mass is 264 g/mol. The number of aryl methyl sites for hydroxylation is 1. The van der Waals surface area contributed by atoms with Crippen molar-refractivity contribution < 1.29 is 4.74 Å². The Bertz CT molecular complexity index is 353. The minimum atomic E-state index is 0.658. The first-order valence-corrected chi connectivity index (χ1v) is 7.49. The van der Waals surface area contributed by atoms with Crippen LogP contribution in [0, 0.1) is 0 Å². The Labute approximate surface area is 117 Å². The first-order valence-electron chi connectivity index (χ1n) is 7.49. The van der Waals surface area contributed by atoms with Crippen LogP contribution in [-0.2, 0) is 6.42 Å². The fourth-order valence-corrected chi connectivity index (χ4v) is 2.08. The van der Waals surface area contributed by atoms with Gasteiger partial charge in [0.05, 0.1) is 12.3 Å². The molecular weight excluding hydrogens is 236 g/mol. The summed E-state index contributed by atoms with van der Waals surface area (Å²) < 4.78 is 5.43. The van der Waals surface area contributed by atoms with E-state index in [0.29, 0.717) is 6.61 Å². The van der Waals surface area contributed by atoms with E-state index in [1.807, 2.05) is 19.1 Å². The second-order valence-corrected chi connectivity index (χ2v) is 4.87. The van der Waals surface area contributed by atoms with Crippen molar-refractivity contribution in [2.45, 2.75) is 46.0 Å². The van der Waals surface area contributed by atoms with Gasteiger partial charge in [-0.15, -0.1) is 0 Å². The average molecular weight is 264 g/mol. The zero-order valence-corrected chi connectivity index (χ0v) is 12.4. The van der Waals surface area contributed by atoms with Gasteiger partial charge in [-0.25, -0.2) is 0 Å². The maximum atomic E-state index is 5.95. The van der Waals surface area contributed by atoms with Crippen molar-refractivity contribution >= 4 is 5.69 Å². The van der Waals surface area contributed by atoms with Gasteiger partial charge in [-0.05, 0) is 57.0 Å². The predicted molar refractivity (Wildman–Crippen MR) is 82.7 cm³/mol. The van der Waals surface area contributed by atoms with Crippen molar-refractivity contribution in [3.8, 4) is 5.75 Å². The highest BCUT2D eigenvalue weighted by Crippen LogP contribution is 2.22. The van der Waals surface area contributed by atoms with Gasteiger partial charge in [0.15, 0.2) is 0 Å². The summed E-state index contributed by atoms with van der Waals surface area (Å²) >= 11 is 0. The molecule has 0 aliphatic rings. The van der Waals surface area contributed by atoms with E-state index >= 15 is 0 Å². The molecule has 0 saturated carbocycles. The van der Waals surface area contributed by atoms with Crippen molar-refractivity contribution in [2.75, 3.05) is 25.4 Å². The Balaban J connectivity index is 2.20. The van der Waals surface area contributed by atoms with Crippen LogP contribution in [0.1, 0.15) is 45.1 Å². The Morgan fingerprint density at radius 3 is 2.58 bits per heavy atom. The number of nitrogens with one attached hydrogen (secondary N) is 1. The molecule has 0 unspecified atom stereocenters. The van der Waals surface area contributed by atoms with Crippen LogP contribution in [0.2, 0.25) is 0 Å². The average Bonchev–Trinajstić information content (AvgIpc) is 2.41. The number of anilines is 1. The van der Waals surface area contributed by atoms with Crippen LogP contribution in [0.4, 0.5) is 5.69 Å². The number of nitrogen functional groups attached to an aromatic ring is 1. The minimum absolute atomic E-state index is 0.658. The van der Waals surface area contributed by atoms with Crippen LogP contribution in [-0.4, -0.2) is 19.7 Å². The zero-order valence-electron chi connectivity index (χ0n) is 12.4. The lowest BCUT2D eigenvalue weighted by atomic mass is 10.1. The molecule has 0 bridgehead atoms. The van der Waals surface area contributed by atoms with Crippen LogP contribution < -0.4 is 15.8 Å². The largest absolute Gasteiger partial charge is 0.492 e. The normalized spacial score (nSPS) is 10.6. The highest BCUT2D eigenvalue weighted by Gasteiger charge is 2.01. The van der Waals surface area contributed by atoms with Gasteiger partial charge in [-0.1, -0.05) is 25.8 Å². The van der Waals surface area contributed by atoms with E-state index in [-0.39, 0.29) is 0 Å². The Kier molecular flexibility index (Phi) is 8.07. The van der Waals surface area contributed by atoms with E-state index in [1.165, 1.54) is 24.8 Å². The molecule has 3 N–H and O–H groups in total. The lowest BCUT2D eigenvalue weighted by Gasteiger charge is -2.09. The SMILES string of the molecule is CCCCCNCCCc1ccc(OCC)c(N)c1. The van der Waals surface area contributed by atoms with Gasteiger partial charge >= 0.3 is 0 Å². The van der Waals surface area contributed by atoms with Crippen LogP contribution in [0.3, 0.4) is 0 Å². The molecule has 19 heavy (non-hydrogen) atoms. The van der Waals surface area contributed by atoms with Crippen LogP contribution >= 0.6 is 0 Å². The highest BCUT2D eigenvalue weighted by atomic mass is 16.5. The molecule has 0 radical (unpaired) electrons. The lowest BCUT2D eigenvalue weighted by Crippen LogP contribution is -2.17. The lowest BCUT2D eigenvalue weighted by molar-refractivity contribution is 0.342. The highest BCUT2D eigenvalue weighted by molar-refractivity contribution is 5.54. The third-order valence-corrected chi connectivity index (χ3v) is 3.15. The van der Waals surface area contributed by atoms with Gasteiger partial charge in [0.2, 0.25) is 0 Å². The molecule has 0 atom stereocenters. The van der Waals surface area contributed by atoms with E-state index < -0.39 is 0 Å². The van der Waals surface area contributed by atoms with Gasteiger partial charge in [-0.3, -0.25) is 0 Å². The van der Waals surface area contributed by atoms with Gasteiger partial charge in [0.25, 0.3) is 0 Å². The van der Waals surface area contributed by atoms with Crippen molar-refractivity contribution in [3.05, 3.63) is 23.8 Å². The summed E-state index contributed by atoms with van der Waals surface area (Å²) in [6.07, 6.45) is 6.11. The van der Waals surface area contributed by atoms with Crippen LogP contribution in [0.15, 0.2) is 18.2 Å². The van der Waals surface area contributed by atoms with Crippen molar-refractivity contribution in [1.29, 1.82) is 0 Å². The predicted octanol–water partition coefficient (Wildman–Crippen LogP) is 3.38. The van der Waals surface area contributed by atoms with Gasteiger partial charge < -0.3 is 15.8 Å². The number of rotatable bonds is 10. The number of hydrogen-bond acceptors (Lipinski definition) is 3. The number of hydrogen-bond donors (Lipinski definition) is 2. The summed E-state index contributed by atoms with van der Waals surface area (Å²) in [4.78, 5) is 0. The molecule has 0 saturated heterocycles. The first kappa shape index (κ1) is 15.8. The molecule has 1 aromatic rings. The number of benzene rings is 1. The number of nitrogens with two attached hydrogens (primary N) is 1. The van der Waals surface area contributed by atoms with Gasteiger partial charge in [-0.2, -0.15) is 0 Å². The van der Waals surface area contributed by atoms with Crippen molar-refractivity contribution in [2.24, 2.45) is 0 Å². The first-order chi connectivity index (χ1) is 9.27. The molecule has 0 aromatic heterocycles. The molecule has 0 spiro atoms. The van der Waals surface area contributed by atoms with E-state index in [1.54, 1.807) is 0 Å². The summed E-state index contributed by atoms with van der Waals surface area (Å²) in [5.74, 6) is 0.795. The topological polar surface area (TPSA) is 47.3 Å². The Morgan fingerprint density at radius 2 is 1.89 bits per heavy atom. The third kappa shape index (κ3) is 6.48. The summed E-state index contributed by atoms with van der Waals surface area (Å²) in [7, 11) is 0. The van der Waals surface area contributed by atoms with Crippen molar-refractivity contribution in [1.82, 2.24) is 5.32 Å².